The molecule has 1 aromatic heterocycles. The number of Topliss-reactive ketones (excluding diaryl/α,β-unsaturated/α-hetero) is 1. The number of aryl methyl sites for hydroxylation is 1. The van der Waals surface area contributed by atoms with Crippen LogP contribution in [0.4, 0.5) is 0 Å². The van der Waals surface area contributed by atoms with Crippen LogP contribution in [-0.4, -0.2) is 28.7 Å². The zero-order valence-corrected chi connectivity index (χ0v) is 9.64. The van der Waals surface area contributed by atoms with E-state index in [1.807, 2.05) is 0 Å². The van der Waals surface area contributed by atoms with Gasteiger partial charge in [-0.1, -0.05) is 0 Å². The first-order chi connectivity index (χ1) is 7.63. The molecule has 1 heterocycles. The summed E-state index contributed by atoms with van der Waals surface area (Å²) in [6.07, 6.45) is 4.23. The van der Waals surface area contributed by atoms with Gasteiger partial charge in [0.25, 0.3) is 0 Å². The number of carbonyl (C=O) groups excluding carboxylic acids is 1. The molecule has 0 aromatic carbocycles. The molecule has 0 amide bonds. The molecule has 0 saturated heterocycles. The predicted octanol–water partition coefficient (Wildman–Crippen LogP) is 0.739. The van der Waals surface area contributed by atoms with Crippen molar-refractivity contribution < 1.29 is 9.53 Å². The van der Waals surface area contributed by atoms with Crippen molar-refractivity contribution in [1.82, 2.24) is 9.78 Å². The molecule has 0 spiro atoms. The van der Waals surface area contributed by atoms with E-state index in [1.165, 1.54) is 7.11 Å². The molecule has 0 bridgehead atoms. The number of carbonyl (C=O) groups is 1. The van der Waals surface area contributed by atoms with Crippen molar-refractivity contribution in [3.63, 3.8) is 0 Å². The third-order valence-electron chi connectivity index (χ3n) is 3.04. The number of nitrogens with two attached hydrogens (primary N) is 1. The molecule has 1 fully saturated rings. The Kier molecular flexibility index (Phi) is 2.96. The van der Waals surface area contributed by atoms with Crippen molar-refractivity contribution in [1.29, 1.82) is 0 Å². The van der Waals surface area contributed by atoms with Crippen molar-refractivity contribution in [3.05, 3.63) is 11.9 Å². The molecule has 2 rings (SSSR count). The zero-order valence-electron chi connectivity index (χ0n) is 9.64. The molecule has 88 valence electrons. The Labute approximate surface area is 94.6 Å². The number of methoxy groups -OCH3 is 1. The van der Waals surface area contributed by atoms with Crippen LogP contribution < -0.4 is 10.5 Å². The maximum atomic E-state index is 12.0. The van der Waals surface area contributed by atoms with Crippen molar-refractivity contribution >= 4 is 5.78 Å². The van der Waals surface area contributed by atoms with Gasteiger partial charge in [0, 0.05) is 19.5 Å². The zero-order chi connectivity index (χ0) is 11.7. The fraction of sp³-hybridized carbons (Fsp3) is 0.636. The van der Waals surface area contributed by atoms with Crippen LogP contribution in [0.3, 0.4) is 0 Å². The van der Waals surface area contributed by atoms with Gasteiger partial charge in [-0.15, -0.1) is 0 Å². The Morgan fingerprint density at radius 2 is 2.44 bits per heavy atom. The monoisotopic (exact) mass is 223 g/mol. The average molecular weight is 223 g/mol. The standard InChI is InChI=1S/C11H17N3O2/c1-14-11(10(16-2)6-13-14)9(15)5-8(12)7-3-4-7/h6-8H,3-5,12H2,1-2H3. The summed E-state index contributed by atoms with van der Waals surface area (Å²) in [5, 5.41) is 4.01. The molecule has 2 N–H and O–H groups in total. The minimum Gasteiger partial charge on any atom is -0.493 e. The molecule has 1 aromatic rings. The molecule has 0 aliphatic heterocycles. The summed E-state index contributed by atoms with van der Waals surface area (Å²) >= 11 is 0. The maximum Gasteiger partial charge on any atom is 0.186 e. The molecule has 5 nitrogen and oxygen atoms in total. The number of hydrogen-bond donors (Lipinski definition) is 1. The van der Waals surface area contributed by atoms with Gasteiger partial charge in [0.15, 0.2) is 11.5 Å². The van der Waals surface area contributed by atoms with Gasteiger partial charge in [0.2, 0.25) is 0 Å². The van der Waals surface area contributed by atoms with E-state index in [9.17, 15) is 4.79 Å². The summed E-state index contributed by atoms with van der Waals surface area (Å²) < 4.78 is 6.64. The fourth-order valence-electron chi connectivity index (χ4n) is 1.89. The van der Waals surface area contributed by atoms with Gasteiger partial charge >= 0.3 is 0 Å². The topological polar surface area (TPSA) is 70.1 Å². The Morgan fingerprint density at radius 3 is 3.00 bits per heavy atom. The number of ether oxygens (including phenoxy) is 1. The molecular formula is C11H17N3O2. The van der Waals surface area contributed by atoms with Gasteiger partial charge in [-0.3, -0.25) is 9.48 Å². The van der Waals surface area contributed by atoms with E-state index in [0.717, 1.165) is 12.8 Å². The van der Waals surface area contributed by atoms with E-state index in [2.05, 4.69) is 5.10 Å². The first kappa shape index (κ1) is 11.1. The lowest BCUT2D eigenvalue weighted by Crippen LogP contribution is -2.27. The van der Waals surface area contributed by atoms with E-state index in [4.69, 9.17) is 10.5 Å². The molecule has 5 heteroatoms. The molecular weight excluding hydrogens is 206 g/mol. The smallest absolute Gasteiger partial charge is 0.186 e. The Bertz CT molecular complexity index is 396. The molecule has 1 saturated carbocycles. The van der Waals surface area contributed by atoms with Crippen molar-refractivity contribution in [2.45, 2.75) is 25.3 Å². The first-order valence-electron chi connectivity index (χ1n) is 5.48. The van der Waals surface area contributed by atoms with Crippen LogP contribution in [-0.2, 0) is 7.05 Å². The van der Waals surface area contributed by atoms with Crippen LogP contribution >= 0.6 is 0 Å². The van der Waals surface area contributed by atoms with Crippen LogP contribution in [0.15, 0.2) is 6.20 Å². The number of nitrogens with zero attached hydrogens (tertiary/aromatic N) is 2. The Hall–Kier alpha value is -1.36. The highest BCUT2D eigenvalue weighted by Crippen LogP contribution is 2.33. The van der Waals surface area contributed by atoms with Crippen molar-refractivity contribution in [2.75, 3.05) is 7.11 Å². The van der Waals surface area contributed by atoms with E-state index in [1.54, 1.807) is 17.9 Å². The Morgan fingerprint density at radius 1 is 1.75 bits per heavy atom. The third kappa shape index (κ3) is 2.09. The number of ketones is 1. The summed E-state index contributed by atoms with van der Waals surface area (Å²) in [6, 6.07) is -0.0212. The van der Waals surface area contributed by atoms with Gasteiger partial charge < -0.3 is 10.5 Å². The molecule has 1 aliphatic rings. The second kappa shape index (κ2) is 4.25. The van der Waals surface area contributed by atoms with E-state index >= 15 is 0 Å². The second-order valence-electron chi connectivity index (χ2n) is 4.31. The lowest BCUT2D eigenvalue weighted by molar-refractivity contribution is 0.0959. The van der Waals surface area contributed by atoms with Gasteiger partial charge in [0.05, 0.1) is 13.3 Å². The number of aromatic nitrogens is 2. The van der Waals surface area contributed by atoms with Gasteiger partial charge in [-0.05, 0) is 18.8 Å². The SMILES string of the molecule is COc1cnn(C)c1C(=O)CC(N)C1CC1. The molecule has 1 atom stereocenters. The normalized spacial score (nSPS) is 17.2. The summed E-state index contributed by atoms with van der Waals surface area (Å²) in [5.41, 5.74) is 6.45. The predicted molar refractivity (Wildman–Crippen MR) is 59.4 cm³/mol. The minimum atomic E-state index is -0.0212. The summed E-state index contributed by atoms with van der Waals surface area (Å²) in [5.74, 6) is 1.06. The highest BCUT2D eigenvalue weighted by Gasteiger charge is 2.31. The summed E-state index contributed by atoms with van der Waals surface area (Å²) in [6.45, 7) is 0. The first-order valence-corrected chi connectivity index (χ1v) is 5.48. The van der Waals surface area contributed by atoms with Crippen LogP contribution in [0.25, 0.3) is 0 Å². The van der Waals surface area contributed by atoms with E-state index < -0.39 is 0 Å². The molecule has 16 heavy (non-hydrogen) atoms. The Balaban J connectivity index is 2.09. The fourth-order valence-corrected chi connectivity index (χ4v) is 1.89. The highest BCUT2D eigenvalue weighted by molar-refractivity contribution is 5.97. The van der Waals surface area contributed by atoms with E-state index in [0.29, 0.717) is 23.8 Å². The quantitative estimate of drug-likeness (QED) is 0.747. The van der Waals surface area contributed by atoms with Gasteiger partial charge in [-0.25, -0.2) is 0 Å². The molecule has 1 unspecified atom stereocenters. The van der Waals surface area contributed by atoms with Gasteiger partial charge in [0.1, 0.15) is 5.69 Å². The van der Waals surface area contributed by atoms with Crippen molar-refractivity contribution in [3.8, 4) is 5.75 Å². The van der Waals surface area contributed by atoms with Crippen LogP contribution in [0.1, 0.15) is 29.8 Å². The van der Waals surface area contributed by atoms with Crippen LogP contribution in [0.2, 0.25) is 0 Å². The lowest BCUT2D eigenvalue weighted by atomic mass is 10.0. The largest absolute Gasteiger partial charge is 0.493 e. The van der Waals surface area contributed by atoms with E-state index in [-0.39, 0.29) is 11.8 Å². The second-order valence-corrected chi connectivity index (χ2v) is 4.31. The third-order valence-corrected chi connectivity index (χ3v) is 3.04. The van der Waals surface area contributed by atoms with Crippen LogP contribution in [0, 0.1) is 5.92 Å². The lowest BCUT2D eigenvalue weighted by Gasteiger charge is -2.09. The average Bonchev–Trinajstić information content (AvgIpc) is 3.02. The maximum absolute atomic E-state index is 12.0. The number of hydrogen-bond acceptors (Lipinski definition) is 4. The van der Waals surface area contributed by atoms with Crippen LogP contribution in [0.5, 0.6) is 5.75 Å². The summed E-state index contributed by atoms with van der Waals surface area (Å²) in [7, 11) is 3.27. The minimum absolute atomic E-state index is 0.0104. The molecule has 0 radical (unpaired) electrons. The molecule has 1 aliphatic carbocycles. The van der Waals surface area contributed by atoms with Gasteiger partial charge in [-0.2, -0.15) is 5.10 Å². The highest BCUT2D eigenvalue weighted by atomic mass is 16.5. The van der Waals surface area contributed by atoms with Crippen molar-refractivity contribution in [2.24, 2.45) is 18.7 Å². The summed E-state index contributed by atoms with van der Waals surface area (Å²) in [4.78, 5) is 12.0. The number of rotatable bonds is 5.